The molecule has 4 N–H and O–H groups in total. The van der Waals surface area contributed by atoms with Gasteiger partial charge in [-0.3, -0.25) is 19.8 Å². The molecule has 0 radical (unpaired) electrons. The summed E-state index contributed by atoms with van der Waals surface area (Å²) in [6.45, 7) is 5.04. The zero-order valence-electron chi connectivity index (χ0n) is 15.2. The zero-order valence-corrected chi connectivity index (χ0v) is 15.2. The van der Waals surface area contributed by atoms with E-state index in [1.54, 1.807) is 32.0 Å². The van der Waals surface area contributed by atoms with E-state index in [0.29, 0.717) is 22.7 Å². The summed E-state index contributed by atoms with van der Waals surface area (Å²) < 4.78 is 0. The van der Waals surface area contributed by atoms with Crippen molar-refractivity contribution in [2.45, 2.75) is 32.7 Å². The lowest BCUT2D eigenvalue weighted by Gasteiger charge is -2.19. The summed E-state index contributed by atoms with van der Waals surface area (Å²) in [5, 5.41) is 8.69. The number of urea groups is 1. The summed E-state index contributed by atoms with van der Waals surface area (Å²) in [5.74, 6) is -1.30. The zero-order chi connectivity index (χ0) is 19.5. The van der Waals surface area contributed by atoms with Crippen LogP contribution in [0, 0.1) is 6.92 Å². The minimum atomic E-state index is -1.02. The number of anilines is 1. The highest BCUT2D eigenvalue weighted by Gasteiger charge is 2.47. The number of hydrogen-bond donors (Lipinski definition) is 4. The quantitative estimate of drug-likeness (QED) is 0.551. The highest BCUT2D eigenvalue weighted by Crippen LogP contribution is 2.19. The summed E-state index contributed by atoms with van der Waals surface area (Å²) in [6.07, 6.45) is 0.410. The Morgan fingerprint density at radius 1 is 1.27 bits per heavy atom. The molecule has 5 amide bonds. The summed E-state index contributed by atoms with van der Waals surface area (Å²) in [6, 6.07) is 4.40. The van der Waals surface area contributed by atoms with E-state index in [1.807, 2.05) is 6.92 Å². The van der Waals surface area contributed by atoms with Crippen molar-refractivity contribution < 1.29 is 19.2 Å². The number of benzene rings is 1. The smallest absolute Gasteiger partial charge is 0.344 e. The van der Waals surface area contributed by atoms with Crippen LogP contribution in [0.1, 0.15) is 36.2 Å². The SMILES string of the molecule is CC[C@]1(C)NC(=O)N(NC(=O)CNc2cc(C(=O)NC)ccc2C)C1=O. The topological polar surface area (TPSA) is 120 Å². The van der Waals surface area contributed by atoms with Gasteiger partial charge in [0.05, 0.1) is 6.54 Å². The second-order valence-corrected chi connectivity index (χ2v) is 6.25. The molecule has 2 rings (SSSR count). The van der Waals surface area contributed by atoms with Gasteiger partial charge in [-0.05, 0) is 38.0 Å². The van der Waals surface area contributed by atoms with Crippen LogP contribution >= 0.6 is 0 Å². The van der Waals surface area contributed by atoms with E-state index in [2.05, 4.69) is 21.4 Å². The molecule has 0 unspecified atom stereocenters. The summed E-state index contributed by atoms with van der Waals surface area (Å²) in [5.41, 5.74) is 3.19. The average Bonchev–Trinajstić information content (AvgIpc) is 2.84. The monoisotopic (exact) mass is 361 g/mol. The number of rotatable bonds is 6. The van der Waals surface area contributed by atoms with Crippen molar-refractivity contribution in [2.24, 2.45) is 0 Å². The lowest BCUT2D eigenvalue weighted by molar-refractivity contribution is -0.138. The van der Waals surface area contributed by atoms with E-state index in [1.165, 1.54) is 7.05 Å². The average molecular weight is 361 g/mol. The van der Waals surface area contributed by atoms with Gasteiger partial charge in [0, 0.05) is 18.3 Å². The van der Waals surface area contributed by atoms with Gasteiger partial charge in [-0.15, -0.1) is 0 Å². The van der Waals surface area contributed by atoms with Crippen LogP contribution in [-0.4, -0.2) is 47.9 Å². The van der Waals surface area contributed by atoms with Crippen LogP contribution < -0.4 is 21.4 Å². The molecule has 1 fully saturated rings. The number of amides is 5. The molecule has 0 spiro atoms. The number of hydrazine groups is 1. The van der Waals surface area contributed by atoms with Crippen LogP contribution in [0.25, 0.3) is 0 Å². The highest BCUT2D eigenvalue weighted by molar-refractivity contribution is 6.07. The minimum Gasteiger partial charge on any atom is -0.376 e. The van der Waals surface area contributed by atoms with Gasteiger partial charge in [0.15, 0.2) is 0 Å². The molecule has 1 aliphatic rings. The molecular formula is C17H23N5O4. The third-order valence-electron chi connectivity index (χ3n) is 4.37. The Kier molecular flexibility index (Phi) is 5.49. The molecular weight excluding hydrogens is 338 g/mol. The fourth-order valence-electron chi connectivity index (χ4n) is 2.46. The maximum absolute atomic E-state index is 12.2. The Labute approximate surface area is 151 Å². The number of imide groups is 1. The molecule has 26 heavy (non-hydrogen) atoms. The summed E-state index contributed by atoms with van der Waals surface area (Å²) in [4.78, 5) is 48.0. The molecule has 1 atom stereocenters. The van der Waals surface area contributed by atoms with Gasteiger partial charge in [0.2, 0.25) is 0 Å². The van der Waals surface area contributed by atoms with Crippen molar-refractivity contribution in [2.75, 3.05) is 18.9 Å². The second kappa shape index (κ2) is 7.42. The summed E-state index contributed by atoms with van der Waals surface area (Å²) in [7, 11) is 1.53. The van der Waals surface area contributed by atoms with Gasteiger partial charge >= 0.3 is 6.03 Å². The van der Waals surface area contributed by atoms with Crippen LogP contribution in [-0.2, 0) is 9.59 Å². The van der Waals surface area contributed by atoms with Gasteiger partial charge in [-0.1, -0.05) is 13.0 Å². The molecule has 0 saturated carbocycles. The molecule has 1 heterocycles. The Morgan fingerprint density at radius 2 is 1.96 bits per heavy atom. The second-order valence-electron chi connectivity index (χ2n) is 6.25. The third-order valence-corrected chi connectivity index (χ3v) is 4.37. The van der Waals surface area contributed by atoms with E-state index in [-0.39, 0.29) is 12.5 Å². The predicted octanol–water partition coefficient (Wildman–Crippen LogP) is 0.518. The first-order valence-electron chi connectivity index (χ1n) is 8.24. The fraction of sp³-hybridized carbons (Fsp3) is 0.412. The van der Waals surface area contributed by atoms with E-state index in [4.69, 9.17) is 0 Å². The number of hydrogen-bond acceptors (Lipinski definition) is 5. The van der Waals surface area contributed by atoms with Crippen LogP contribution in [0.5, 0.6) is 0 Å². The van der Waals surface area contributed by atoms with Gasteiger partial charge in [0.1, 0.15) is 5.54 Å². The largest absolute Gasteiger partial charge is 0.376 e. The Bertz CT molecular complexity index is 764. The van der Waals surface area contributed by atoms with Crippen LogP contribution in [0.15, 0.2) is 18.2 Å². The number of carbonyl (C=O) groups excluding carboxylic acids is 4. The normalized spacial score (nSPS) is 19.2. The van der Waals surface area contributed by atoms with Crippen LogP contribution in [0.4, 0.5) is 10.5 Å². The van der Waals surface area contributed by atoms with Gasteiger partial charge in [-0.25, -0.2) is 4.79 Å². The van der Waals surface area contributed by atoms with E-state index in [0.717, 1.165) is 5.56 Å². The van der Waals surface area contributed by atoms with Gasteiger partial charge in [0.25, 0.3) is 17.7 Å². The number of nitrogens with one attached hydrogen (secondary N) is 4. The number of carbonyl (C=O) groups is 4. The molecule has 140 valence electrons. The molecule has 1 aliphatic heterocycles. The van der Waals surface area contributed by atoms with Crippen LogP contribution in [0.3, 0.4) is 0 Å². The molecule has 9 nitrogen and oxygen atoms in total. The molecule has 0 bridgehead atoms. The molecule has 0 aromatic heterocycles. The Balaban J connectivity index is 2.00. The van der Waals surface area contributed by atoms with Crippen molar-refractivity contribution in [1.29, 1.82) is 0 Å². The van der Waals surface area contributed by atoms with E-state index in [9.17, 15) is 19.2 Å². The first kappa shape index (κ1) is 19.2. The van der Waals surface area contributed by atoms with Crippen molar-refractivity contribution in [3.8, 4) is 0 Å². The first-order chi connectivity index (χ1) is 12.2. The molecule has 9 heteroatoms. The maximum Gasteiger partial charge on any atom is 0.344 e. The van der Waals surface area contributed by atoms with Crippen molar-refractivity contribution >= 4 is 29.4 Å². The third kappa shape index (κ3) is 3.76. The molecule has 1 saturated heterocycles. The lowest BCUT2D eigenvalue weighted by Crippen LogP contribution is -2.50. The summed E-state index contributed by atoms with van der Waals surface area (Å²) >= 11 is 0. The van der Waals surface area contributed by atoms with E-state index < -0.39 is 23.4 Å². The van der Waals surface area contributed by atoms with E-state index >= 15 is 0 Å². The number of aryl methyl sites for hydroxylation is 1. The van der Waals surface area contributed by atoms with Gasteiger partial charge < -0.3 is 16.0 Å². The van der Waals surface area contributed by atoms with Gasteiger partial charge in [-0.2, -0.15) is 5.01 Å². The maximum atomic E-state index is 12.2. The minimum absolute atomic E-state index is 0.169. The molecule has 1 aromatic rings. The lowest BCUT2D eigenvalue weighted by atomic mass is 10.00. The van der Waals surface area contributed by atoms with Crippen molar-refractivity contribution in [3.05, 3.63) is 29.3 Å². The molecule has 1 aromatic carbocycles. The number of nitrogens with zero attached hydrogens (tertiary/aromatic N) is 1. The Hall–Kier alpha value is -3.10. The fourth-order valence-corrected chi connectivity index (χ4v) is 2.46. The van der Waals surface area contributed by atoms with Crippen molar-refractivity contribution in [1.82, 2.24) is 21.1 Å². The standard InChI is InChI=1S/C17H23N5O4/c1-5-17(3)15(25)22(16(26)20-17)21-13(23)9-19-12-8-11(14(24)18-4)7-6-10(12)2/h6-8,19H,5,9H2,1-4H3,(H,18,24)(H,20,26)(H,21,23)/t17-/m0/s1. The predicted molar refractivity (Wildman–Crippen MR) is 95.3 cm³/mol. The van der Waals surface area contributed by atoms with Crippen LogP contribution in [0.2, 0.25) is 0 Å². The first-order valence-corrected chi connectivity index (χ1v) is 8.24. The van der Waals surface area contributed by atoms with Crippen molar-refractivity contribution in [3.63, 3.8) is 0 Å². The molecule has 0 aliphatic carbocycles. The highest BCUT2D eigenvalue weighted by atomic mass is 16.2. The Morgan fingerprint density at radius 3 is 2.54 bits per heavy atom.